The van der Waals surface area contributed by atoms with E-state index in [1.807, 2.05) is 103 Å². The van der Waals surface area contributed by atoms with Gasteiger partial charge in [-0.3, -0.25) is 0 Å². The number of para-hydroxylation sites is 1. The Balaban J connectivity index is 1.06. The first-order chi connectivity index (χ1) is 29.0. The summed E-state index contributed by atoms with van der Waals surface area (Å²) in [4.78, 5) is 25.6. The number of hydrogen-bond donors (Lipinski definition) is 0. The van der Waals surface area contributed by atoms with E-state index in [2.05, 4.69) is 74.5 Å². The molecule has 1 aliphatic carbocycles. The second-order valence-electron chi connectivity index (χ2n) is 15.6. The molecule has 12 rings (SSSR count). The summed E-state index contributed by atoms with van der Waals surface area (Å²) in [6, 6.07) is 55.6. The fraction of sp³-hybridized carbons (Fsp3) is 0.0577. The molecule has 0 saturated heterocycles. The third-order valence-electron chi connectivity index (χ3n) is 11.8. The SMILES string of the molecule is CC1(C)c2ccccc2-c2ccc(-c3nc(-c4ccc5oc6cccc(-c7nc(-c8ccccc8)nc(-c8ccccc8)n7)c6c5c4)nc4c3oc3ccccc34)cc21. The minimum absolute atomic E-state index is 0.169. The average molecular weight is 760 g/mol. The Labute approximate surface area is 338 Å². The van der Waals surface area contributed by atoms with E-state index in [0.29, 0.717) is 28.9 Å². The van der Waals surface area contributed by atoms with Crippen LogP contribution in [0.1, 0.15) is 25.0 Å². The molecular weight excluding hydrogens is 727 g/mol. The summed E-state index contributed by atoms with van der Waals surface area (Å²) in [7, 11) is 0. The number of rotatable bonds is 5. The second kappa shape index (κ2) is 12.6. The van der Waals surface area contributed by atoms with Gasteiger partial charge in [-0.25, -0.2) is 24.9 Å². The van der Waals surface area contributed by atoms with Crippen LogP contribution in [0.25, 0.3) is 112 Å². The number of nitrogens with zero attached hydrogens (tertiary/aromatic N) is 5. The fourth-order valence-corrected chi connectivity index (χ4v) is 8.85. The van der Waals surface area contributed by atoms with Gasteiger partial charge in [-0.15, -0.1) is 0 Å². The van der Waals surface area contributed by atoms with Crippen LogP contribution >= 0.6 is 0 Å². The van der Waals surface area contributed by atoms with Crippen molar-refractivity contribution in [1.82, 2.24) is 24.9 Å². The molecule has 0 spiro atoms. The predicted molar refractivity (Wildman–Crippen MR) is 235 cm³/mol. The lowest BCUT2D eigenvalue weighted by Gasteiger charge is -2.21. The van der Waals surface area contributed by atoms with E-state index in [-0.39, 0.29) is 5.41 Å². The summed E-state index contributed by atoms with van der Waals surface area (Å²) in [5.41, 5.74) is 13.9. The van der Waals surface area contributed by atoms with Crippen molar-refractivity contribution >= 4 is 44.0 Å². The van der Waals surface area contributed by atoms with Crippen molar-refractivity contribution in [2.45, 2.75) is 19.3 Å². The Morgan fingerprint density at radius 1 is 0.390 bits per heavy atom. The van der Waals surface area contributed by atoms with Crippen LogP contribution in [0.4, 0.5) is 0 Å². The van der Waals surface area contributed by atoms with E-state index >= 15 is 0 Å². The minimum atomic E-state index is -0.169. The van der Waals surface area contributed by atoms with E-state index in [0.717, 1.165) is 71.9 Å². The molecule has 1 aliphatic rings. The Kier molecular flexibility index (Phi) is 7.14. The molecule has 11 aromatic rings. The molecule has 4 aromatic heterocycles. The van der Waals surface area contributed by atoms with Crippen LogP contribution in [0.15, 0.2) is 173 Å². The molecular formula is C52H33N5O2. The van der Waals surface area contributed by atoms with Crippen molar-refractivity contribution < 1.29 is 8.83 Å². The fourth-order valence-electron chi connectivity index (χ4n) is 8.85. The average Bonchev–Trinajstić information content (AvgIpc) is 3.94. The number of hydrogen-bond acceptors (Lipinski definition) is 7. The van der Waals surface area contributed by atoms with Crippen LogP contribution in [-0.2, 0) is 5.41 Å². The molecule has 0 bridgehead atoms. The molecule has 7 heteroatoms. The first-order valence-corrected chi connectivity index (χ1v) is 19.7. The van der Waals surface area contributed by atoms with Gasteiger partial charge in [-0.2, -0.15) is 0 Å². The second-order valence-corrected chi connectivity index (χ2v) is 15.6. The summed E-state index contributed by atoms with van der Waals surface area (Å²) in [5.74, 6) is 2.34. The van der Waals surface area contributed by atoms with Gasteiger partial charge < -0.3 is 8.83 Å². The maximum atomic E-state index is 6.57. The molecule has 7 aromatic carbocycles. The molecule has 0 amide bonds. The summed E-state index contributed by atoms with van der Waals surface area (Å²) in [6.45, 7) is 4.59. The monoisotopic (exact) mass is 759 g/mol. The Hall–Kier alpha value is -7.77. The Morgan fingerprint density at radius 2 is 1.00 bits per heavy atom. The molecule has 0 fully saturated rings. The van der Waals surface area contributed by atoms with Gasteiger partial charge in [0.15, 0.2) is 28.9 Å². The molecule has 4 heterocycles. The first kappa shape index (κ1) is 33.4. The van der Waals surface area contributed by atoms with Gasteiger partial charge in [0.2, 0.25) is 0 Å². The summed E-state index contributed by atoms with van der Waals surface area (Å²) in [5, 5.41) is 2.76. The maximum absolute atomic E-state index is 6.57. The lowest BCUT2D eigenvalue weighted by atomic mass is 9.82. The van der Waals surface area contributed by atoms with Gasteiger partial charge in [-0.1, -0.05) is 135 Å². The highest BCUT2D eigenvalue weighted by Gasteiger charge is 2.35. The zero-order valence-electron chi connectivity index (χ0n) is 32.1. The van der Waals surface area contributed by atoms with Gasteiger partial charge in [0.05, 0.1) is 0 Å². The summed E-state index contributed by atoms with van der Waals surface area (Å²) in [6.07, 6.45) is 0. The number of benzene rings is 7. The lowest BCUT2D eigenvalue weighted by molar-refractivity contribution is 0.659. The van der Waals surface area contributed by atoms with Crippen molar-refractivity contribution in [2.75, 3.05) is 0 Å². The molecule has 0 radical (unpaired) electrons. The highest BCUT2D eigenvalue weighted by atomic mass is 16.3. The molecule has 7 nitrogen and oxygen atoms in total. The van der Waals surface area contributed by atoms with Crippen LogP contribution < -0.4 is 0 Å². The largest absolute Gasteiger partial charge is 0.456 e. The van der Waals surface area contributed by atoms with Crippen molar-refractivity contribution in [3.63, 3.8) is 0 Å². The van der Waals surface area contributed by atoms with Gasteiger partial charge in [-0.05, 0) is 64.7 Å². The van der Waals surface area contributed by atoms with Crippen molar-refractivity contribution in [3.8, 4) is 67.9 Å². The van der Waals surface area contributed by atoms with Crippen LogP contribution in [0.3, 0.4) is 0 Å². The van der Waals surface area contributed by atoms with Gasteiger partial charge in [0.1, 0.15) is 28.0 Å². The first-order valence-electron chi connectivity index (χ1n) is 19.7. The maximum Gasteiger partial charge on any atom is 0.180 e. The molecule has 59 heavy (non-hydrogen) atoms. The van der Waals surface area contributed by atoms with Gasteiger partial charge >= 0.3 is 0 Å². The van der Waals surface area contributed by atoms with Crippen molar-refractivity contribution in [3.05, 3.63) is 175 Å². The molecule has 0 unspecified atom stereocenters. The highest BCUT2D eigenvalue weighted by molar-refractivity contribution is 6.13. The Bertz CT molecular complexity index is 3420. The van der Waals surface area contributed by atoms with E-state index in [1.54, 1.807) is 0 Å². The number of furan rings is 2. The molecule has 0 N–H and O–H groups in total. The number of aromatic nitrogens is 5. The van der Waals surface area contributed by atoms with E-state index in [4.69, 9.17) is 33.8 Å². The summed E-state index contributed by atoms with van der Waals surface area (Å²) < 4.78 is 13.1. The number of fused-ring (bicyclic) bond motifs is 9. The molecule has 0 aliphatic heterocycles. The smallest absolute Gasteiger partial charge is 0.180 e. The molecule has 0 saturated carbocycles. The van der Waals surface area contributed by atoms with Gasteiger partial charge in [0.25, 0.3) is 0 Å². The minimum Gasteiger partial charge on any atom is -0.456 e. The molecule has 278 valence electrons. The zero-order valence-corrected chi connectivity index (χ0v) is 32.1. The molecule has 0 atom stereocenters. The van der Waals surface area contributed by atoms with Crippen LogP contribution in [0.5, 0.6) is 0 Å². The van der Waals surface area contributed by atoms with Crippen molar-refractivity contribution in [1.29, 1.82) is 0 Å². The topological polar surface area (TPSA) is 90.7 Å². The summed E-state index contributed by atoms with van der Waals surface area (Å²) >= 11 is 0. The lowest BCUT2D eigenvalue weighted by Crippen LogP contribution is -2.14. The zero-order chi connectivity index (χ0) is 39.2. The third kappa shape index (κ3) is 5.18. The normalized spacial score (nSPS) is 13.1. The standard InChI is InChI=1S/C52H33N5O2/c1-52(2)39-21-11-9-18-34(39)35-26-24-32(29-40(35)52)45-47-46(36-19-10-12-22-41(36)59-47)54-50(53-45)33-25-27-42-38(28-33)44-37(20-13-23-43(44)58-42)51-56-48(30-14-5-3-6-15-30)55-49(57-51)31-16-7-4-8-17-31/h3-29H,1-2H3. The van der Waals surface area contributed by atoms with Crippen LogP contribution in [-0.4, -0.2) is 24.9 Å². The quantitative estimate of drug-likeness (QED) is 0.172. The Morgan fingerprint density at radius 3 is 1.80 bits per heavy atom. The third-order valence-corrected chi connectivity index (χ3v) is 11.8. The van der Waals surface area contributed by atoms with Crippen molar-refractivity contribution in [2.24, 2.45) is 0 Å². The highest BCUT2D eigenvalue weighted by Crippen LogP contribution is 2.50. The van der Waals surface area contributed by atoms with E-state index in [1.165, 1.54) is 22.3 Å². The van der Waals surface area contributed by atoms with Crippen LogP contribution in [0, 0.1) is 0 Å². The van der Waals surface area contributed by atoms with E-state index in [9.17, 15) is 0 Å². The van der Waals surface area contributed by atoms with E-state index < -0.39 is 0 Å². The predicted octanol–water partition coefficient (Wildman–Crippen LogP) is 13.1. The van der Waals surface area contributed by atoms with Gasteiger partial charge in [0, 0.05) is 49.4 Å². The van der Waals surface area contributed by atoms with Crippen LogP contribution in [0.2, 0.25) is 0 Å².